The molecule has 0 spiro atoms. The summed E-state index contributed by atoms with van der Waals surface area (Å²) in [7, 11) is 2.07. The summed E-state index contributed by atoms with van der Waals surface area (Å²) in [4.78, 5) is 30.4. The van der Waals surface area contributed by atoms with Gasteiger partial charge in [-0.1, -0.05) is 6.07 Å². The van der Waals surface area contributed by atoms with Crippen LogP contribution in [0.15, 0.2) is 18.2 Å². The van der Waals surface area contributed by atoms with Crippen molar-refractivity contribution in [1.29, 1.82) is 0 Å². The van der Waals surface area contributed by atoms with Gasteiger partial charge >= 0.3 is 0 Å². The molecule has 0 radical (unpaired) electrons. The molecule has 0 atom stereocenters. The monoisotopic (exact) mass is 340 g/mol. The molecule has 0 unspecified atom stereocenters. The molecule has 25 heavy (non-hydrogen) atoms. The van der Waals surface area contributed by atoms with E-state index in [0.29, 0.717) is 38.3 Å². The van der Waals surface area contributed by atoms with Crippen LogP contribution < -0.4 is 5.73 Å². The number of primary amides is 1. The Morgan fingerprint density at radius 2 is 1.92 bits per heavy atom. The number of carbonyl (C=O) groups excluding carboxylic acids is 2. The topological polar surface area (TPSA) is 81.2 Å². The number of imidazole rings is 1. The zero-order chi connectivity index (χ0) is 17.6. The van der Waals surface area contributed by atoms with Crippen LogP contribution in [0.3, 0.4) is 0 Å². The van der Waals surface area contributed by atoms with Crippen molar-refractivity contribution in [3.63, 3.8) is 0 Å². The molecule has 2 fully saturated rings. The summed E-state index contributed by atoms with van der Waals surface area (Å²) in [6, 6.07) is 6.13. The van der Waals surface area contributed by atoms with E-state index in [1.807, 2.05) is 17.0 Å². The molecule has 1 saturated heterocycles. The zero-order valence-electron chi connectivity index (χ0n) is 14.6. The van der Waals surface area contributed by atoms with E-state index >= 15 is 0 Å². The predicted octanol–water partition coefficient (Wildman–Crippen LogP) is 1.72. The Morgan fingerprint density at radius 1 is 1.20 bits per heavy atom. The van der Waals surface area contributed by atoms with Crippen molar-refractivity contribution >= 4 is 22.8 Å². The lowest BCUT2D eigenvalue weighted by Gasteiger charge is -2.30. The fraction of sp³-hybridized carbons (Fsp3) is 0.526. The number of carbonyl (C=O) groups is 2. The molecule has 2 aromatic rings. The Bertz CT molecular complexity index is 829. The Balaban J connectivity index is 1.45. The number of piperidine rings is 1. The van der Waals surface area contributed by atoms with Gasteiger partial charge in [0.1, 0.15) is 5.82 Å². The van der Waals surface area contributed by atoms with Gasteiger partial charge in [0, 0.05) is 32.0 Å². The molecule has 0 bridgehead atoms. The summed E-state index contributed by atoms with van der Waals surface area (Å²) in [5, 5.41) is 0. The second-order valence-electron chi connectivity index (χ2n) is 7.36. The number of hydrogen-bond acceptors (Lipinski definition) is 3. The van der Waals surface area contributed by atoms with E-state index in [1.165, 1.54) is 12.8 Å². The third-order valence-electron chi connectivity index (χ3n) is 5.53. The smallest absolute Gasteiger partial charge is 0.226 e. The van der Waals surface area contributed by atoms with Crippen molar-refractivity contribution in [3.8, 4) is 0 Å². The quantitative estimate of drug-likeness (QED) is 0.920. The molecule has 6 nitrogen and oxygen atoms in total. The highest BCUT2D eigenvalue weighted by Gasteiger charge is 2.29. The summed E-state index contributed by atoms with van der Waals surface area (Å²) < 4.78 is 2.17. The standard InChI is InChI=1S/C19H24N4O2/c1-22-16-5-2-12(10-15(16)21-19(22)14-3-4-14)11-17(24)23-8-6-13(7-9-23)18(20)25/h2,5,10,13-14H,3-4,6-9,11H2,1H3,(H2,20,25). The molecule has 2 N–H and O–H groups in total. The first-order valence-electron chi connectivity index (χ1n) is 9.05. The summed E-state index contributed by atoms with van der Waals surface area (Å²) >= 11 is 0. The molecule has 2 heterocycles. The molecule has 1 aromatic heterocycles. The first-order valence-corrected chi connectivity index (χ1v) is 9.05. The van der Waals surface area contributed by atoms with Crippen LogP contribution in [0.25, 0.3) is 11.0 Å². The van der Waals surface area contributed by atoms with Crippen LogP contribution in [-0.2, 0) is 23.1 Å². The first kappa shape index (κ1) is 16.1. The maximum absolute atomic E-state index is 12.6. The largest absolute Gasteiger partial charge is 0.369 e. The maximum Gasteiger partial charge on any atom is 0.226 e. The highest BCUT2D eigenvalue weighted by molar-refractivity contribution is 5.83. The molecule has 1 aliphatic carbocycles. The summed E-state index contributed by atoms with van der Waals surface area (Å²) in [5.41, 5.74) is 8.45. The van der Waals surface area contributed by atoms with Gasteiger partial charge in [-0.2, -0.15) is 0 Å². The van der Waals surface area contributed by atoms with Crippen LogP contribution >= 0.6 is 0 Å². The van der Waals surface area contributed by atoms with Crippen molar-refractivity contribution in [2.45, 2.75) is 38.0 Å². The number of aryl methyl sites for hydroxylation is 1. The lowest BCUT2D eigenvalue weighted by molar-refractivity contribution is -0.134. The number of likely N-dealkylation sites (tertiary alicyclic amines) is 1. The van der Waals surface area contributed by atoms with E-state index in [-0.39, 0.29) is 17.7 Å². The van der Waals surface area contributed by atoms with Gasteiger partial charge in [-0.15, -0.1) is 0 Å². The Hall–Kier alpha value is -2.37. The van der Waals surface area contributed by atoms with Gasteiger partial charge in [-0.05, 0) is 43.4 Å². The van der Waals surface area contributed by atoms with Crippen LogP contribution in [0.2, 0.25) is 0 Å². The van der Waals surface area contributed by atoms with Crippen LogP contribution in [0.4, 0.5) is 0 Å². The van der Waals surface area contributed by atoms with Crippen molar-refractivity contribution in [1.82, 2.24) is 14.5 Å². The second kappa shape index (κ2) is 6.17. The Kier molecular flexibility index (Phi) is 3.98. The van der Waals surface area contributed by atoms with Crippen LogP contribution in [0, 0.1) is 5.92 Å². The lowest BCUT2D eigenvalue weighted by Crippen LogP contribution is -2.42. The zero-order valence-corrected chi connectivity index (χ0v) is 14.6. The number of rotatable bonds is 4. The summed E-state index contributed by atoms with van der Waals surface area (Å²) in [6.45, 7) is 1.23. The minimum absolute atomic E-state index is 0.0882. The third-order valence-corrected chi connectivity index (χ3v) is 5.53. The molecule has 1 saturated carbocycles. The Labute approximate surface area is 147 Å². The molecule has 4 rings (SSSR count). The SMILES string of the molecule is Cn1c(C2CC2)nc2cc(CC(=O)N3CCC(C(N)=O)CC3)ccc21. The minimum Gasteiger partial charge on any atom is -0.369 e. The number of fused-ring (bicyclic) bond motifs is 1. The number of nitrogens with zero attached hydrogens (tertiary/aromatic N) is 3. The van der Waals surface area contributed by atoms with Gasteiger partial charge in [0.15, 0.2) is 0 Å². The number of amides is 2. The van der Waals surface area contributed by atoms with Crippen molar-refractivity contribution in [3.05, 3.63) is 29.6 Å². The van der Waals surface area contributed by atoms with E-state index in [0.717, 1.165) is 22.4 Å². The van der Waals surface area contributed by atoms with E-state index in [4.69, 9.17) is 10.7 Å². The van der Waals surface area contributed by atoms with Gasteiger partial charge in [-0.3, -0.25) is 9.59 Å². The summed E-state index contributed by atoms with van der Waals surface area (Å²) in [5.74, 6) is 1.54. The number of nitrogens with two attached hydrogens (primary N) is 1. The lowest BCUT2D eigenvalue weighted by atomic mass is 9.96. The van der Waals surface area contributed by atoms with E-state index in [1.54, 1.807) is 0 Å². The molecule has 1 aromatic carbocycles. The minimum atomic E-state index is -0.251. The highest BCUT2D eigenvalue weighted by Crippen LogP contribution is 2.40. The number of hydrogen-bond donors (Lipinski definition) is 1. The van der Waals surface area contributed by atoms with Crippen LogP contribution in [0.5, 0.6) is 0 Å². The third kappa shape index (κ3) is 3.13. The Morgan fingerprint density at radius 3 is 2.56 bits per heavy atom. The van der Waals surface area contributed by atoms with Gasteiger partial charge in [0.05, 0.1) is 17.5 Å². The second-order valence-corrected chi connectivity index (χ2v) is 7.36. The molecule has 1 aliphatic heterocycles. The molecular weight excluding hydrogens is 316 g/mol. The fourth-order valence-corrected chi connectivity index (χ4v) is 3.78. The first-order chi connectivity index (χ1) is 12.0. The van der Waals surface area contributed by atoms with Crippen LogP contribution in [0.1, 0.15) is 43.0 Å². The number of benzene rings is 1. The highest BCUT2D eigenvalue weighted by atomic mass is 16.2. The maximum atomic E-state index is 12.6. The average molecular weight is 340 g/mol. The van der Waals surface area contributed by atoms with Gasteiger partial charge < -0.3 is 15.2 Å². The van der Waals surface area contributed by atoms with Crippen LogP contribution in [-0.4, -0.2) is 39.4 Å². The molecule has 2 amide bonds. The van der Waals surface area contributed by atoms with E-state index in [2.05, 4.69) is 17.7 Å². The molecule has 2 aliphatic rings. The predicted molar refractivity (Wildman–Crippen MR) is 94.9 cm³/mol. The molecule has 6 heteroatoms. The normalized spacial score (nSPS) is 18.7. The van der Waals surface area contributed by atoms with Crippen molar-refractivity contribution < 1.29 is 9.59 Å². The molecule has 132 valence electrons. The molecular formula is C19H24N4O2. The average Bonchev–Trinajstić information content (AvgIpc) is 3.39. The van der Waals surface area contributed by atoms with Gasteiger partial charge in [0.2, 0.25) is 11.8 Å². The van der Waals surface area contributed by atoms with Crippen molar-refractivity contribution in [2.75, 3.05) is 13.1 Å². The fourth-order valence-electron chi connectivity index (χ4n) is 3.78. The van der Waals surface area contributed by atoms with Gasteiger partial charge in [0.25, 0.3) is 0 Å². The van der Waals surface area contributed by atoms with E-state index < -0.39 is 0 Å². The van der Waals surface area contributed by atoms with Crippen molar-refractivity contribution in [2.24, 2.45) is 18.7 Å². The summed E-state index contributed by atoms with van der Waals surface area (Å²) in [6.07, 6.45) is 4.18. The number of aromatic nitrogens is 2. The van der Waals surface area contributed by atoms with E-state index in [9.17, 15) is 9.59 Å². The van der Waals surface area contributed by atoms with Gasteiger partial charge in [-0.25, -0.2) is 4.98 Å².